The van der Waals surface area contributed by atoms with Crippen molar-refractivity contribution in [2.24, 2.45) is 0 Å². The topological polar surface area (TPSA) is 114 Å². The largest absolute Gasteiger partial charge is 0.480 e. The molecule has 1 aliphatic rings. The average molecular weight is 440 g/mol. The Morgan fingerprint density at radius 1 is 1.00 bits per heavy atom. The van der Waals surface area contributed by atoms with Crippen LogP contribution in [0.25, 0.3) is 11.1 Å². The number of carboxylic acids is 1. The number of methoxy groups -OCH3 is 1. The minimum Gasteiger partial charge on any atom is -0.480 e. The first-order valence-electron chi connectivity index (χ1n) is 10.5. The van der Waals surface area contributed by atoms with Gasteiger partial charge in [0, 0.05) is 13.0 Å². The minimum absolute atomic E-state index is 0.0995. The van der Waals surface area contributed by atoms with Crippen LogP contribution < -0.4 is 10.6 Å². The number of carboxylic acid groups (broad SMARTS) is 1. The number of hydrogen-bond acceptors (Lipinski definition) is 5. The number of rotatable bonds is 9. The molecule has 1 aliphatic carbocycles. The van der Waals surface area contributed by atoms with Gasteiger partial charge >= 0.3 is 12.1 Å². The van der Waals surface area contributed by atoms with Crippen LogP contribution in [-0.2, 0) is 19.1 Å². The Morgan fingerprint density at radius 3 is 2.06 bits per heavy atom. The highest BCUT2D eigenvalue weighted by atomic mass is 16.5. The number of carbonyl (C=O) groups excluding carboxylic acids is 2. The molecule has 32 heavy (non-hydrogen) atoms. The standard InChI is InChI=1S/C24H28N2O6/c1-4-20(23(28)29)25-22(27)21(14(2)31-3)26-24(30)32-13-19-17-11-7-5-9-15(17)16-10-6-8-12-18(16)19/h5-12,14,19-21H,4,13H2,1-3H3,(H,25,27)(H,26,30)(H,28,29)/t14?,20-,21?/m1/s1. The lowest BCUT2D eigenvalue weighted by molar-refractivity contribution is -0.142. The van der Waals surface area contributed by atoms with Crippen molar-refractivity contribution in [2.75, 3.05) is 13.7 Å². The van der Waals surface area contributed by atoms with Crippen molar-refractivity contribution in [2.45, 2.75) is 44.4 Å². The molecule has 3 rings (SSSR count). The van der Waals surface area contributed by atoms with Crippen LogP contribution in [0.1, 0.15) is 37.3 Å². The lowest BCUT2D eigenvalue weighted by atomic mass is 9.98. The third-order valence-corrected chi connectivity index (χ3v) is 5.76. The zero-order valence-electron chi connectivity index (χ0n) is 18.3. The molecule has 0 heterocycles. The number of fused-ring (bicyclic) bond motifs is 3. The summed E-state index contributed by atoms with van der Waals surface area (Å²) in [4.78, 5) is 36.4. The van der Waals surface area contributed by atoms with E-state index in [0.717, 1.165) is 22.3 Å². The van der Waals surface area contributed by atoms with Crippen molar-refractivity contribution in [3.05, 3.63) is 59.7 Å². The maximum absolute atomic E-state index is 12.6. The number of aliphatic carboxylic acids is 1. The molecule has 0 saturated heterocycles. The molecular weight excluding hydrogens is 412 g/mol. The van der Waals surface area contributed by atoms with Crippen LogP contribution in [0.5, 0.6) is 0 Å². The van der Waals surface area contributed by atoms with E-state index in [-0.39, 0.29) is 18.9 Å². The van der Waals surface area contributed by atoms with E-state index in [1.54, 1.807) is 13.8 Å². The van der Waals surface area contributed by atoms with Crippen molar-refractivity contribution in [3.8, 4) is 11.1 Å². The molecule has 0 fully saturated rings. The molecule has 0 radical (unpaired) electrons. The van der Waals surface area contributed by atoms with Gasteiger partial charge in [-0.05, 0) is 35.6 Å². The second kappa shape index (κ2) is 10.3. The summed E-state index contributed by atoms with van der Waals surface area (Å²) in [7, 11) is 1.40. The molecule has 2 aromatic rings. The molecule has 8 nitrogen and oxygen atoms in total. The predicted octanol–water partition coefficient (Wildman–Crippen LogP) is 2.91. The van der Waals surface area contributed by atoms with Crippen LogP contribution in [0.2, 0.25) is 0 Å². The molecule has 170 valence electrons. The average Bonchev–Trinajstić information content (AvgIpc) is 3.12. The molecule has 2 unspecified atom stereocenters. The lowest BCUT2D eigenvalue weighted by Crippen LogP contribution is -2.56. The third kappa shape index (κ3) is 4.91. The quantitative estimate of drug-likeness (QED) is 0.553. The molecule has 2 aromatic carbocycles. The zero-order chi connectivity index (χ0) is 23.3. The van der Waals surface area contributed by atoms with Crippen molar-refractivity contribution >= 4 is 18.0 Å². The summed E-state index contributed by atoms with van der Waals surface area (Å²) in [6.45, 7) is 3.35. The molecule has 0 saturated carbocycles. The summed E-state index contributed by atoms with van der Waals surface area (Å²) in [5.41, 5.74) is 4.38. The van der Waals surface area contributed by atoms with Gasteiger partial charge in [-0.1, -0.05) is 55.5 Å². The number of amides is 2. The van der Waals surface area contributed by atoms with Crippen LogP contribution >= 0.6 is 0 Å². The van der Waals surface area contributed by atoms with E-state index < -0.39 is 36.2 Å². The molecule has 8 heteroatoms. The van der Waals surface area contributed by atoms with E-state index in [4.69, 9.17) is 9.47 Å². The number of alkyl carbamates (subject to hydrolysis) is 1. The summed E-state index contributed by atoms with van der Waals surface area (Å²) in [5.74, 6) is -1.91. The van der Waals surface area contributed by atoms with Gasteiger partial charge in [-0.2, -0.15) is 0 Å². The van der Waals surface area contributed by atoms with Gasteiger partial charge in [0.25, 0.3) is 0 Å². The smallest absolute Gasteiger partial charge is 0.407 e. The Balaban J connectivity index is 1.68. The Hall–Kier alpha value is -3.39. The van der Waals surface area contributed by atoms with Gasteiger partial charge in [0.15, 0.2) is 0 Å². The predicted molar refractivity (Wildman–Crippen MR) is 118 cm³/mol. The van der Waals surface area contributed by atoms with Gasteiger partial charge in [-0.15, -0.1) is 0 Å². The van der Waals surface area contributed by atoms with Crippen molar-refractivity contribution in [3.63, 3.8) is 0 Å². The molecule has 3 N–H and O–H groups in total. The summed E-state index contributed by atoms with van der Waals surface area (Å²) in [6.07, 6.45) is -1.26. The summed E-state index contributed by atoms with van der Waals surface area (Å²) >= 11 is 0. The number of ether oxygens (including phenoxy) is 2. The van der Waals surface area contributed by atoms with Crippen molar-refractivity contribution < 1.29 is 29.0 Å². The third-order valence-electron chi connectivity index (χ3n) is 5.76. The Labute approximate surface area is 186 Å². The van der Waals surface area contributed by atoms with E-state index in [1.807, 2.05) is 48.5 Å². The fraction of sp³-hybridized carbons (Fsp3) is 0.375. The second-order valence-corrected chi connectivity index (χ2v) is 7.70. The molecule has 2 amide bonds. The fourth-order valence-electron chi connectivity index (χ4n) is 3.90. The van der Waals surface area contributed by atoms with E-state index in [2.05, 4.69) is 10.6 Å². The molecule has 0 aliphatic heterocycles. The fourth-order valence-corrected chi connectivity index (χ4v) is 3.90. The van der Waals surface area contributed by atoms with Gasteiger partial charge in [0.2, 0.25) is 5.91 Å². The second-order valence-electron chi connectivity index (χ2n) is 7.70. The molecule has 3 atom stereocenters. The van der Waals surface area contributed by atoms with E-state index in [0.29, 0.717) is 0 Å². The highest BCUT2D eigenvalue weighted by Gasteiger charge is 2.32. The van der Waals surface area contributed by atoms with E-state index in [1.165, 1.54) is 7.11 Å². The molecule has 0 bridgehead atoms. The van der Waals surface area contributed by atoms with Crippen LogP contribution in [0.15, 0.2) is 48.5 Å². The first-order valence-corrected chi connectivity index (χ1v) is 10.5. The van der Waals surface area contributed by atoms with Crippen LogP contribution in [0.4, 0.5) is 4.79 Å². The summed E-state index contributed by atoms with van der Waals surface area (Å²) in [6, 6.07) is 13.8. The van der Waals surface area contributed by atoms with Crippen LogP contribution in [0.3, 0.4) is 0 Å². The van der Waals surface area contributed by atoms with Gasteiger partial charge in [0.1, 0.15) is 18.7 Å². The molecular formula is C24H28N2O6. The maximum atomic E-state index is 12.6. The Bertz CT molecular complexity index is 946. The Morgan fingerprint density at radius 2 is 1.56 bits per heavy atom. The minimum atomic E-state index is -1.15. The molecule has 0 spiro atoms. The number of nitrogens with one attached hydrogen (secondary N) is 2. The lowest BCUT2D eigenvalue weighted by Gasteiger charge is -2.25. The number of hydrogen-bond donors (Lipinski definition) is 3. The number of carbonyl (C=O) groups is 3. The first kappa shape index (κ1) is 23.3. The van der Waals surface area contributed by atoms with Gasteiger partial charge in [-0.25, -0.2) is 9.59 Å². The normalized spacial score (nSPS) is 15.1. The van der Waals surface area contributed by atoms with Crippen molar-refractivity contribution in [1.29, 1.82) is 0 Å². The first-order chi connectivity index (χ1) is 15.4. The summed E-state index contributed by atoms with van der Waals surface area (Å²) in [5, 5.41) is 14.1. The van der Waals surface area contributed by atoms with Gasteiger partial charge < -0.3 is 25.2 Å². The number of benzene rings is 2. The molecule has 0 aromatic heterocycles. The van der Waals surface area contributed by atoms with Gasteiger partial charge in [0.05, 0.1) is 6.10 Å². The zero-order valence-corrected chi connectivity index (χ0v) is 18.3. The van der Waals surface area contributed by atoms with Gasteiger partial charge in [-0.3, -0.25) is 4.79 Å². The SMILES string of the molecule is CC[C@@H](NC(=O)C(NC(=O)OCC1c2ccccc2-c2ccccc21)C(C)OC)C(=O)O. The van der Waals surface area contributed by atoms with E-state index >= 15 is 0 Å². The van der Waals surface area contributed by atoms with Crippen LogP contribution in [0, 0.1) is 0 Å². The van der Waals surface area contributed by atoms with E-state index in [9.17, 15) is 19.5 Å². The highest BCUT2D eigenvalue weighted by Crippen LogP contribution is 2.44. The Kier molecular flexibility index (Phi) is 7.48. The maximum Gasteiger partial charge on any atom is 0.407 e. The van der Waals surface area contributed by atoms with Crippen LogP contribution in [-0.4, -0.2) is 55.0 Å². The summed E-state index contributed by atoms with van der Waals surface area (Å²) < 4.78 is 10.7. The monoisotopic (exact) mass is 440 g/mol. The van der Waals surface area contributed by atoms with Crippen molar-refractivity contribution in [1.82, 2.24) is 10.6 Å². The highest BCUT2D eigenvalue weighted by molar-refractivity contribution is 5.89.